The molecule has 0 radical (unpaired) electrons. The molecule has 0 aliphatic heterocycles. The van der Waals surface area contributed by atoms with Gasteiger partial charge in [-0.2, -0.15) is 0 Å². The van der Waals surface area contributed by atoms with Crippen molar-refractivity contribution in [3.05, 3.63) is 0 Å². The second-order valence-electron chi connectivity index (χ2n) is 2.20. The molecule has 0 aromatic carbocycles. The first-order chi connectivity index (χ1) is 6.81. The van der Waals surface area contributed by atoms with E-state index in [2.05, 4.69) is 0 Å². The Morgan fingerprint density at radius 3 is 1.00 bits per heavy atom. The molecular weight excluding hydrogens is 228 g/mol. The summed E-state index contributed by atoms with van der Waals surface area (Å²) in [4.78, 5) is 27.9. The fraction of sp³-hybridized carbons (Fsp3) is 0.667. The molecule has 0 aromatic rings. The molecule has 0 rings (SSSR count). The molecule has 0 amide bonds. The molecule has 0 spiro atoms. The monoisotopic (exact) mass is 244 g/mol. The van der Waals surface area contributed by atoms with E-state index < -0.39 is 17.9 Å². The summed E-state index contributed by atoms with van der Waals surface area (Å²) >= 11 is 0. The summed E-state index contributed by atoms with van der Waals surface area (Å²) in [5, 5.41) is 26.2. The Balaban J connectivity index is -0.0000000655. The molecule has 0 saturated carbocycles. The molecule has 90 valence electrons. The fourth-order valence-corrected chi connectivity index (χ4v) is 0. The van der Waals surface area contributed by atoms with Gasteiger partial charge in [0.25, 0.3) is 0 Å². The number of carbonyl (C=O) groups is 3. The van der Waals surface area contributed by atoms with Crippen molar-refractivity contribution in [2.24, 2.45) is 0 Å². The van der Waals surface area contributed by atoms with E-state index in [1.165, 1.54) is 13.8 Å². The molecule has 6 nitrogen and oxygen atoms in total. The maximum Gasteiger partial charge on any atom is 2.00 e. The van der Waals surface area contributed by atoms with Crippen LogP contribution in [0.25, 0.3) is 0 Å². The van der Waals surface area contributed by atoms with E-state index in [9.17, 15) is 24.6 Å². The van der Waals surface area contributed by atoms with Gasteiger partial charge in [0.2, 0.25) is 0 Å². The van der Waals surface area contributed by atoms with Crippen molar-refractivity contribution >= 4 is 41.0 Å². The summed E-state index contributed by atoms with van der Waals surface area (Å²) in [6, 6.07) is 0. The van der Waals surface area contributed by atoms with Crippen LogP contribution in [-0.2, 0) is 14.4 Å². The first-order valence-electron chi connectivity index (χ1n) is 4.43. The summed E-state index contributed by atoms with van der Waals surface area (Å²) in [5.41, 5.74) is 0. The van der Waals surface area contributed by atoms with Gasteiger partial charge < -0.3 is 24.9 Å². The van der Waals surface area contributed by atoms with E-state index in [0.717, 1.165) is 0 Å². The molecule has 16 heavy (non-hydrogen) atoms. The number of hydrogen-bond acceptors (Lipinski definition) is 5. The van der Waals surface area contributed by atoms with Crippen molar-refractivity contribution in [3.63, 3.8) is 0 Å². The van der Waals surface area contributed by atoms with Crippen molar-refractivity contribution in [1.82, 2.24) is 0 Å². The average Bonchev–Trinajstić information content (AvgIpc) is 2.19. The molecule has 0 aliphatic rings. The van der Waals surface area contributed by atoms with Crippen molar-refractivity contribution in [2.45, 2.75) is 40.0 Å². The predicted octanol–water partition coefficient (Wildman–Crippen LogP) is -1.61. The minimum Gasteiger partial charge on any atom is -0.550 e. The van der Waals surface area contributed by atoms with Crippen LogP contribution in [0, 0.1) is 0 Å². The molecule has 0 atom stereocenters. The van der Waals surface area contributed by atoms with Crippen molar-refractivity contribution in [2.75, 3.05) is 0 Å². The van der Waals surface area contributed by atoms with Crippen LogP contribution in [0.4, 0.5) is 0 Å². The minimum atomic E-state index is -0.995. The molecule has 7 heteroatoms. The number of aliphatic carboxylic acids is 3. The van der Waals surface area contributed by atoms with E-state index in [1.54, 1.807) is 6.92 Å². The molecular formula is C9H16MgO6. The van der Waals surface area contributed by atoms with Gasteiger partial charge >= 0.3 is 29.0 Å². The van der Waals surface area contributed by atoms with Crippen LogP contribution in [0.3, 0.4) is 0 Å². The molecule has 1 N–H and O–H groups in total. The smallest absolute Gasteiger partial charge is 0.550 e. The first kappa shape index (κ1) is 24.4. The third-order valence-electron chi connectivity index (χ3n) is 0.880. The number of hydrogen-bond donors (Lipinski definition) is 1. The molecule has 0 saturated heterocycles. The van der Waals surface area contributed by atoms with E-state index in [0.29, 0.717) is 0 Å². The normalized spacial score (nSPS) is 6.94. The van der Waals surface area contributed by atoms with Gasteiger partial charge in [-0.1, -0.05) is 20.8 Å². The third-order valence-corrected chi connectivity index (χ3v) is 0.880. The summed E-state index contributed by atoms with van der Waals surface area (Å²) in [6.07, 6.45) is 0.444. The summed E-state index contributed by atoms with van der Waals surface area (Å²) in [6.45, 7) is 4.67. The van der Waals surface area contributed by atoms with Gasteiger partial charge in [-0.25, -0.2) is 0 Å². The zero-order valence-electron chi connectivity index (χ0n) is 9.82. The van der Waals surface area contributed by atoms with Crippen LogP contribution in [0.1, 0.15) is 40.0 Å². The Hall–Kier alpha value is -0.824. The molecule has 0 aromatic heterocycles. The first-order valence-corrected chi connectivity index (χ1v) is 4.43. The average molecular weight is 245 g/mol. The Morgan fingerprint density at radius 2 is 1.00 bits per heavy atom. The van der Waals surface area contributed by atoms with Crippen LogP contribution in [0.2, 0.25) is 0 Å². The van der Waals surface area contributed by atoms with Gasteiger partial charge in [-0.3, -0.25) is 4.79 Å². The molecule has 0 aliphatic carbocycles. The molecule has 0 heterocycles. The number of carboxylic acids is 3. The van der Waals surface area contributed by atoms with Crippen molar-refractivity contribution < 1.29 is 29.7 Å². The third kappa shape index (κ3) is 72.9. The minimum absolute atomic E-state index is 0. The second kappa shape index (κ2) is 19.7. The maximum atomic E-state index is 9.37. The Labute approximate surface area is 111 Å². The Bertz CT molecular complexity index is 159. The number of carbonyl (C=O) groups excluding carboxylic acids is 2. The topological polar surface area (TPSA) is 118 Å². The summed E-state index contributed by atoms with van der Waals surface area (Å²) in [5.74, 6) is -2.74. The SMILES string of the molecule is CCC(=O)O.CCC(=O)[O-].CCC(=O)[O-].[Mg+2]. The largest absolute Gasteiger partial charge is 2.00 e. The number of rotatable bonds is 3. The second-order valence-corrected chi connectivity index (χ2v) is 2.20. The quantitative estimate of drug-likeness (QED) is 0.597. The summed E-state index contributed by atoms with van der Waals surface area (Å²) in [7, 11) is 0. The van der Waals surface area contributed by atoms with Crippen molar-refractivity contribution in [1.29, 1.82) is 0 Å². The van der Waals surface area contributed by atoms with Crippen LogP contribution < -0.4 is 10.2 Å². The zero-order chi connectivity index (χ0) is 12.9. The Kier molecular flexibility index (Phi) is 30.1. The Morgan fingerprint density at radius 1 is 0.875 bits per heavy atom. The van der Waals surface area contributed by atoms with Crippen LogP contribution in [0.5, 0.6) is 0 Å². The van der Waals surface area contributed by atoms with Crippen LogP contribution in [-0.4, -0.2) is 46.1 Å². The van der Waals surface area contributed by atoms with E-state index in [1.807, 2.05) is 0 Å². The van der Waals surface area contributed by atoms with Gasteiger partial charge in [0.05, 0.1) is 0 Å². The van der Waals surface area contributed by atoms with Gasteiger partial charge in [-0.05, 0) is 12.8 Å². The van der Waals surface area contributed by atoms with Gasteiger partial charge in [0.15, 0.2) is 0 Å². The maximum absolute atomic E-state index is 9.37. The molecule has 0 unspecified atom stereocenters. The van der Waals surface area contributed by atoms with Gasteiger partial charge in [0.1, 0.15) is 0 Å². The molecule has 0 fully saturated rings. The van der Waals surface area contributed by atoms with E-state index in [-0.39, 0.29) is 42.3 Å². The van der Waals surface area contributed by atoms with Crippen LogP contribution in [0.15, 0.2) is 0 Å². The summed E-state index contributed by atoms with van der Waals surface area (Å²) < 4.78 is 0. The predicted molar refractivity (Wildman–Crippen MR) is 54.3 cm³/mol. The number of carboxylic acid groups (broad SMARTS) is 3. The fourth-order valence-electron chi connectivity index (χ4n) is 0. The van der Waals surface area contributed by atoms with E-state index in [4.69, 9.17) is 5.11 Å². The van der Waals surface area contributed by atoms with E-state index >= 15 is 0 Å². The van der Waals surface area contributed by atoms with Crippen molar-refractivity contribution in [3.8, 4) is 0 Å². The van der Waals surface area contributed by atoms with Gasteiger partial charge in [0, 0.05) is 18.4 Å². The van der Waals surface area contributed by atoms with Gasteiger partial charge in [-0.15, -0.1) is 0 Å². The standard InChI is InChI=1S/3C3H6O2.Mg/c3*1-2-3(4)5;/h3*2H2,1H3,(H,4,5);/q;;;+2/p-2. The molecule has 0 bridgehead atoms. The van der Waals surface area contributed by atoms with Crippen LogP contribution >= 0.6 is 0 Å². The zero-order valence-corrected chi connectivity index (χ0v) is 11.2.